The van der Waals surface area contributed by atoms with Gasteiger partial charge in [-0.15, -0.1) is 0 Å². The van der Waals surface area contributed by atoms with Gasteiger partial charge in [-0.2, -0.15) is 0 Å². The van der Waals surface area contributed by atoms with Crippen LogP contribution in [0.1, 0.15) is 6.42 Å². The Morgan fingerprint density at radius 2 is 1.62 bits per heavy atom. The lowest BCUT2D eigenvalue weighted by molar-refractivity contribution is -0.134. The highest BCUT2D eigenvalue weighted by Gasteiger charge is 2.29. The second-order valence-electron chi connectivity index (χ2n) is 2.69. The van der Waals surface area contributed by atoms with Gasteiger partial charge in [-0.05, 0) is 6.42 Å². The highest BCUT2D eigenvalue weighted by Crippen LogP contribution is 2.06. The fourth-order valence-corrected chi connectivity index (χ4v) is 0.813. The fourth-order valence-electron chi connectivity index (χ4n) is 0.813. The lowest BCUT2D eigenvalue weighted by Crippen LogP contribution is -2.45. The quantitative estimate of drug-likeness (QED) is 0.288. The molecule has 0 aliphatic carbocycles. The van der Waals surface area contributed by atoms with Gasteiger partial charge >= 0.3 is 0 Å². The first-order valence-corrected chi connectivity index (χ1v) is 3.83. The summed E-state index contributed by atoms with van der Waals surface area (Å²) in [5.41, 5.74) is 0. The van der Waals surface area contributed by atoms with E-state index in [-0.39, 0.29) is 19.3 Å². The van der Waals surface area contributed by atoms with Crippen molar-refractivity contribution in [1.29, 1.82) is 0 Å². The van der Waals surface area contributed by atoms with Crippen LogP contribution in [0.5, 0.6) is 0 Å². The van der Waals surface area contributed by atoms with Gasteiger partial charge < -0.3 is 30.3 Å². The first kappa shape index (κ1) is 12.5. The van der Waals surface area contributed by atoms with Crippen molar-refractivity contribution in [2.45, 2.75) is 30.8 Å². The van der Waals surface area contributed by atoms with Gasteiger partial charge in [0.2, 0.25) is 0 Å². The summed E-state index contributed by atoms with van der Waals surface area (Å²) in [4.78, 5) is 9.98. The van der Waals surface area contributed by atoms with Crippen molar-refractivity contribution in [2.75, 3.05) is 6.61 Å². The molecule has 0 spiro atoms. The molecule has 0 unspecified atom stereocenters. The second kappa shape index (κ2) is 6.01. The van der Waals surface area contributed by atoms with E-state index in [1.807, 2.05) is 0 Å². The maximum atomic E-state index is 9.98. The molecule has 0 bridgehead atoms. The Labute approximate surface area is 75.1 Å². The Morgan fingerprint density at radius 3 is 2.00 bits per heavy atom. The van der Waals surface area contributed by atoms with Gasteiger partial charge in [-0.1, -0.05) is 0 Å². The van der Waals surface area contributed by atoms with Crippen molar-refractivity contribution in [1.82, 2.24) is 0 Å². The topological polar surface area (TPSA) is 118 Å². The van der Waals surface area contributed by atoms with Gasteiger partial charge in [-0.25, -0.2) is 0 Å². The maximum Gasteiger partial charge on any atom is 0.151 e. The predicted molar refractivity (Wildman–Crippen MR) is 41.8 cm³/mol. The Morgan fingerprint density at radius 1 is 1.08 bits per heavy atom. The SMILES string of the molecule is O=C[C@H](O)[C@@H](O)[C@@H](O)[C@H](O)CCO. The van der Waals surface area contributed by atoms with Crippen LogP contribution < -0.4 is 0 Å². The van der Waals surface area contributed by atoms with E-state index in [9.17, 15) is 4.79 Å². The summed E-state index contributed by atoms with van der Waals surface area (Å²) in [6.07, 6.45) is -6.56. The highest BCUT2D eigenvalue weighted by atomic mass is 16.4. The van der Waals surface area contributed by atoms with Crippen LogP contribution in [-0.4, -0.2) is 62.8 Å². The van der Waals surface area contributed by atoms with Crippen LogP contribution in [0.25, 0.3) is 0 Å². The molecule has 5 N–H and O–H groups in total. The molecular weight excluding hydrogens is 180 g/mol. The molecule has 13 heavy (non-hydrogen) atoms. The molecule has 0 saturated heterocycles. The van der Waals surface area contributed by atoms with Crippen LogP contribution in [0.3, 0.4) is 0 Å². The molecule has 0 amide bonds. The molecule has 0 saturated carbocycles. The molecule has 4 atom stereocenters. The third kappa shape index (κ3) is 3.79. The van der Waals surface area contributed by atoms with E-state index in [1.54, 1.807) is 0 Å². The van der Waals surface area contributed by atoms with Crippen molar-refractivity contribution < 1.29 is 30.3 Å². The van der Waals surface area contributed by atoms with E-state index in [1.165, 1.54) is 0 Å². The maximum absolute atomic E-state index is 9.98. The number of aliphatic hydroxyl groups is 5. The van der Waals surface area contributed by atoms with E-state index in [2.05, 4.69) is 0 Å². The van der Waals surface area contributed by atoms with E-state index in [0.717, 1.165) is 0 Å². The summed E-state index contributed by atoms with van der Waals surface area (Å²) < 4.78 is 0. The second-order valence-corrected chi connectivity index (χ2v) is 2.69. The third-order valence-electron chi connectivity index (χ3n) is 1.66. The molecule has 0 fully saturated rings. The number of rotatable bonds is 6. The molecule has 6 nitrogen and oxygen atoms in total. The summed E-state index contributed by atoms with van der Waals surface area (Å²) >= 11 is 0. The molecular formula is C7H14O6. The van der Waals surface area contributed by atoms with Crippen molar-refractivity contribution in [3.05, 3.63) is 0 Å². The van der Waals surface area contributed by atoms with Crippen LogP contribution in [-0.2, 0) is 4.79 Å². The Hall–Kier alpha value is -0.530. The van der Waals surface area contributed by atoms with Gasteiger partial charge in [-0.3, -0.25) is 0 Å². The number of aldehydes is 1. The number of aliphatic hydroxyl groups excluding tert-OH is 5. The Kier molecular flexibility index (Phi) is 5.76. The lowest BCUT2D eigenvalue weighted by Gasteiger charge is -2.23. The van der Waals surface area contributed by atoms with E-state index >= 15 is 0 Å². The molecule has 0 aromatic rings. The van der Waals surface area contributed by atoms with Crippen LogP contribution >= 0.6 is 0 Å². The zero-order valence-corrected chi connectivity index (χ0v) is 6.95. The van der Waals surface area contributed by atoms with Gasteiger partial charge in [0.25, 0.3) is 0 Å². The zero-order chi connectivity index (χ0) is 10.4. The fraction of sp³-hybridized carbons (Fsp3) is 0.857. The standard InChI is InChI=1S/C7H14O6/c8-2-1-4(10)6(12)7(13)5(11)3-9/h3-8,10-13H,1-2H2/t4-,5+,6+,7-/m1/s1. The number of hydrogen-bond donors (Lipinski definition) is 5. The van der Waals surface area contributed by atoms with Crippen molar-refractivity contribution in [3.8, 4) is 0 Å². The van der Waals surface area contributed by atoms with Crippen LogP contribution in [0, 0.1) is 0 Å². The molecule has 0 heterocycles. The zero-order valence-electron chi connectivity index (χ0n) is 6.95. The molecule has 0 aliphatic heterocycles. The monoisotopic (exact) mass is 194 g/mol. The van der Waals surface area contributed by atoms with E-state index < -0.39 is 24.4 Å². The van der Waals surface area contributed by atoms with E-state index in [0.29, 0.717) is 0 Å². The highest BCUT2D eigenvalue weighted by molar-refractivity contribution is 5.56. The summed E-state index contributed by atoms with van der Waals surface area (Å²) in [6.45, 7) is -0.359. The molecule has 6 heteroatoms. The molecule has 0 aliphatic rings. The molecule has 0 rings (SSSR count). The number of carbonyl (C=O) groups excluding carboxylic acids is 1. The molecule has 0 radical (unpaired) electrons. The Bertz CT molecular complexity index is 150. The Balaban J connectivity index is 4.06. The van der Waals surface area contributed by atoms with Gasteiger partial charge in [0, 0.05) is 6.61 Å². The van der Waals surface area contributed by atoms with Crippen LogP contribution in [0.4, 0.5) is 0 Å². The normalized spacial score (nSPS) is 20.4. The number of hydrogen-bond acceptors (Lipinski definition) is 6. The third-order valence-corrected chi connectivity index (χ3v) is 1.66. The minimum atomic E-state index is -1.74. The van der Waals surface area contributed by atoms with Crippen molar-refractivity contribution in [2.24, 2.45) is 0 Å². The predicted octanol–water partition coefficient (Wildman–Crippen LogP) is -2.99. The van der Waals surface area contributed by atoms with Gasteiger partial charge in [0.15, 0.2) is 6.29 Å². The average Bonchev–Trinajstić information content (AvgIpc) is 2.14. The minimum absolute atomic E-state index is 0.0551. The smallest absolute Gasteiger partial charge is 0.151 e. The summed E-state index contributed by atoms with van der Waals surface area (Å²) in [5, 5.41) is 44.3. The summed E-state index contributed by atoms with van der Waals surface area (Å²) in [7, 11) is 0. The summed E-state index contributed by atoms with van der Waals surface area (Å²) in [5.74, 6) is 0. The van der Waals surface area contributed by atoms with Crippen molar-refractivity contribution >= 4 is 6.29 Å². The molecule has 0 aromatic carbocycles. The molecule has 78 valence electrons. The largest absolute Gasteiger partial charge is 0.396 e. The van der Waals surface area contributed by atoms with Gasteiger partial charge in [0.1, 0.15) is 18.3 Å². The first-order valence-electron chi connectivity index (χ1n) is 3.83. The molecule has 0 aromatic heterocycles. The van der Waals surface area contributed by atoms with Crippen molar-refractivity contribution in [3.63, 3.8) is 0 Å². The van der Waals surface area contributed by atoms with Crippen LogP contribution in [0.2, 0.25) is 0 Å². The first-order chi connectivity index (χ1) is 6.04. The van der Waals surface area contributed by atoms with Crippen LogP contribution in [0.15, 0.2) is 0 Å². The number of carbonyl (C=O) groups is 1. The summed E-state index contributed by atoms with van der Waals surface area (Å²) in [6, 6.07) is 0. The average molecular weight is 194 g/mol. The lowest BCUT2D eigenvalue weighted by atomic mass is 10.0. The minimum Gasteiger partial charge on any atom is -0.396 e. The van der Waals surface area contributed by atoms with Gasteiger partial charge in [0.05, 0.1) is 6.10 Å². The van der Waals surface area contributed by atoms with E-state index in [4.69, 9.17) is 25.5 Å².